The molecule has 1 heterocycles. The molecule has 0 aliphatic carbocycles. The van der Waals surface area contributed by atoms with Gasteiger partial charge in [-0.15, -0.1) is 0 Å². The summed E-state index contributed by atoms with van der Waals surface area (Å²) in [5, 5.41) is 0. The molecule has 0 bridgehead atoms. The number of halogens is 1. The first-order chi connectivity index (χ1) is 3.84. The van der Waals surface area contributed by atoms with E-state index in [1.165, 1.54) is 0 Å². The Labute approximate surface area is 48.8 Å². The van der Waals surface area contributed by atoms with Gasteiger partial charge in [0.05, 0.1) is 13.2 Å². The second-order valence-electron chi connectivity index (χ2n) is 2.22. The van der Waals surface area contributed by atoms with Crippen molar-refractivity contribution in [1.82, 2.24) is 0 Å². The number of hydrogen-bond donors (Lipinski definition) is 0. The van der Waals surface area contributed by atoms with Gasteiger partial charge in [-0.05, 0) is 6.42 Å². The SMILES string of the molecule is CCC1COC[C@H]1F. The van der Waals surface area contributed by atoms with Crippen molar-refractivity contribution in [2.24, 2.45) is 5.92 Å². The number of rotatable bonds is 1. The zero-order valence-electron chi connectivity index (χ0n) is 5.06. The van der Waals surface area contributed by atoms with Crippen molar-refractivity contribution in [2.45, 2.75) is 19.5 Å². The smallest absolute Gasteiger partial charge is 0.128 e. The van der Waals surface area contributed by atoms with Crippen LogP contribution in [0.15, 0.2) is 0 Å². The van der Waals surface area contributed by atoms with E-state index in [-0.39, 0.29) is 5.92 Å². The Morgan fingerprint density at radius 3 is 2.62 bits per heavy atom. The molecule has 2 heteroatoms. The van der Waals surface area contributed by atoms with Crippen LogP contribution >= 0.6 is 0 Å². The van der Waals surface area contributed by atoms with Crippen molar-refractivity contribution in [1.29, 1.82) is 0 Å². The van der Waals surface area contributed by atoms with E-state index in [1.54, 1.807) is 0 Å². The largest absolute Gasteiger partial charge is 0.378 e. The van der Waals surface area contributed by atoms with Crippen molar-refractivity contribution < 1.29 is 9.13 Å². The van der Waals surface area contributed by atoms with Gasteiger partial charge in [-0.2, -0.15) is 0 Å². The fourth-order valence-electron chi connectivity index (χ4n) is 0.946. The van der Waals surface area contributed by atoms with Crippen molar-refractivity contribution in [3.8, 4) is 0 Å². The van der Waals surface area contributed by atoms with Gasteiger partial charge < -0.3 is 4.74 Å². The van der Waals surface area contributed by atoms with E-state index in [0.29, 0.717) is 13.2 Å². The highest BCUT2D eigenvalue weighted by Crippen LogP contribution is 2.19. The summed E-state index contributed by atoms with van der Waals surface area (Å²) in [5.74, 6) is 0.176. The topological polar surface area (TPSA) is 9.23 Å². The summed E-state index contributed by atoms with van der Waals surface area (Å²) in [4.78, 5) is 0. The normalized spacial score (nSPS) is 38.2. The lowest BCUT2D eigenvalue weighted by Gasteiger charge is -2.03. The van der Waals surface area contributed by atoms with Crippen LogP contribution in [0.4, 0.5) is 4.39 Å². The molecule has 1 unspecified atom stereocenters. The molecule has 48 valence electrons. The van der Waals surface area contributed by atoms with Gasteiger partial charge in [-0.25, -0.2) is 4.39 Å². The molecule has 0 spiro atoms. The number of alkyl halides is 1. The first-order valence-electron chi connectivity index (χ1n) is 3.06. The third-order valence-corrected chi connectivity index (χ3v) is 1.64. The predicted molar refractivity (Wildman–Crippen MR) is 29.5 cm³/mol. The lowest BCUT2D eigenvalue weighted by Crippen LogP contribution is -2.10. The van der Waals surface area contributed by atoms with Gasteiger partial charge in [-0.1, -0.05) is 6.92 Å². The van der Waals surface area contributed by atoms with Gasteiger partial charge in [0.15, 0.2) is 0 Å². The van der Waals surface area contributed by atoms with Crippen LogP contribution in [0.1, 0.15) is 13.3 Å². The third-order valence-electron chi connectivity index (χ3n) is 1.64. The second kappa shape index (κ2) is 2.44. The van der Waals surface area contributed by atoms with E-state index in [0.717, 1.165) is 6.42 Å². The van der Waals surface area contributed by atoms with Gasteiger partial charge in [0.1, 0.15) is 6.17 Å². The first kappa shape index (κ1) is 6.02. The second-order valence-corrected chi connectivity index (χ2v) is 2.22. The van der Waals surface area contributed by atoms with Gasteiger partial charge in [-0.3, -0.25) is 0 Å². The minimum atomic E-state index is -0.694. The quantitative estimate of drug-likeness (QED) is 0.505. The summed E-state index contributed by atoms with van der Waals surface area (Å²) in [6, 6.07) is 0. The lowest BCUT2D eigenvalue weighted by molar-refractivity contribution is 0.172. The molecule has 1 fully saturated rings. The molecule has 1 saturated heterocycles. The maximum absolute atomic E-state index is 12.5. The summed E-state index contributed by atoms with van der Waals surface area (Å²) in [5.41, 5.74) is 0. The van der Waals surface area contributed by atoms with Crippen LogP contribution in [-0.4, -0.2) is 19.4 Å². The highest BCUT2D eigenvalue weighted by atomic mass is 19.1. The van der Waals surface area contributed by atoms with Crippen molar-refractivity contribution >= 4 is 0 Å². The molecule has 2 atom stereocenters. The molecule has 0 aromatic heterocycles. The highest BCUT2D eigenvalue weighted by Gasteiger charge is 2.25. The van der Waals surface area contributed by atoms with Crippen LogP contribution in [0.5, 0.6) is 0 Å². The van der Waals surface area contributed by atoms with E-state index in [4.69, 9.17) is 4.74 Å². The standard InChI is InChI=1S/C6H11FO/c1-2-5-3-8-4-6(5)7/h5-6H,2-4H2,1H3/t5?,6-/m1/s1. The molecule has 1 aliphatic rings. The summed E-state index contributed by atoms with van der Waals surface area (Å²) in [7, 11) is 0. The van der Waals surface area contributed by atoms with Crippen LogP contribution in [0.3, 0.4) is 0 Å². The fraction of sp³-hybridized carbons (Fsp3) is 1.00. The van der Waals surface area contributed by atoms with E-state index < -0.39 is 6.17 Å². The molecule has 8 heavy (non-hydrogen) atoms. The van der Waals surface area contributed by atoms with Crippen LogP contribution in [0.25, 0.3) is 0 Å². The Balaban J connectivity index is 2.30. The third kappa shape index (κ3) is 0.996. The summed E-state index contributed by atoms with van der Waals surface area (Å²) in [6.07, 6.45) is 0.209. The zero-order valence-corrected chi connectivity index (χ0v) is 5.06. The molecule has 0 aromatic carbocycles. The van der Waals surface area contributed by atoms with Crippen LogP contribution < -0.4 is 0 Å². The van der Waals surface area contributed by atoms with Crippen molar-refractivity contribution in [3.63, 3.8) is 0 Å². The first-order valence-corrected chi connectivity index (χ1v) is 3.06. The van der Waals surface area contributed by atoms with E-state index in [9.17, 15) is 4.39 Å². The molecule has 0 amide bonds. The Kier molecular flexibility index (Phi) is 1.84. The molecule has 1 aliphatic heterocycles. The minimum Gasteiger partial charge on any atom is -0.378 e. The fourth-order valence-corrected chi connectivity index (χ4v) is 0.946. The molecule has 0 saturated carbocycles. The van der Waals surface area contributed by atoms with E-state index in [1.807, 2.05) is 6.92 Å². The summed E-state index contributed by atoms with van der Waals surface area (Å²) in [6.45, 7) is 2.93. The molecule has 1 rings (SSSR count). The van der Waals surface area contributed by atoms with E-state index in [2.05, 4.69) is 0 Å². The number of ether oxygens (including phenoxy) is 1. The van der Waals surface area contributed by atoms with Gasteiger partial charge in [0.2, 0.25) is 0 Å². The molecular formula is C6H11FO. The lowest BCUT2D eigenvalue weighted by atomic mass is 10.1. The zero-order chi connectivity index (χ0) is 5.98. The summed E-state index contributed by atoms with van der Waals surface area (Å²) >= 11 is 0. The van der Waals surface area contributed by atoms with Gasteiger partial charge >= 0.3 is 0 Å². The van der Waals surface area contributed by atoms with Crippen LogP contribution in [0.2, 0.25) is 0 Å². The minimum absolute atomic E-state index is 0.176. The Bertz CT molecular complexity index is 74.9. The Morgan fingerprint density at radius 1 is 1.62 bits per heavy atom. The summed E-state index contributed by atoms with van der Waals surface area (Å²) < 4.78 is 17.3. The van der Waals surface area contributed by atoms with E-state index >= 15 is 0 Å². The maximum atomic E-state index is 12.5. The van der Waals surface area contributed by atoms with Crippen LogP contribution in [0, 0.1) is 5.92 Å². The predicted octanol–water partition coefficient (Wildman–Crippen LogP) is 1.38. The number of hydrogen-bond acceptors (Lipinski definition) is 1. The average molecular weight is 118 g/mol. The highest BCUT2D eigenvalue weighted by molar-refractivity contribution is 4.72. The maximum Gasteiger partial charge on any atom is 0.128 e. The Hall–Kier alpha value is -0.110. The average Bonchev–Trinajstić information content (AvgIpc) is 2.14. The van der Waals surface area contributed by atoms with Crippen molar-refractivity contribution in [2.75, 3.05) is 13.2 Å². The molecule has 0 aromatic rings. The van der Waals surface area contributed by atoms with Gasteiger partial charge in [0.25, 0.3) is 0 Å². The molecular weight excluding hydrogens is 107 g/mol. The molecule has 0 radical (unpaired) electrons. The monoisotopic (exact) mass is 118 g/mol. The van der Waals surface area contributed by atoms with Crippen molar-refractivity contribution in [3.05, 3.63) is 0 Å². The molecule has 1 nitrogen and oxygen atoms in total. The van der Waals surface area contributed by atoms with Crippen LogP contribution in [-0.2, 0) is 4.74 Å². The Morgan fingerprint density at radius 2 is 2.38 bits per heavy atom. The molecule has 0 N–H and O–H groups in total. The van der Waals surface area contributed by atoms with Gasteiger partial charge in [0, 0.05) is 5.92 Å².